The van der Waals surface area contributed by atoms with Gasteiger partial charge in [-0.1, -0.05) is 0 Å². The standard InChI is InChI=1S/C5H7N5/c6-5-9-7-4(8-10-5)3-1-2-3/h3H,1-2H2,(H2,6,9,10). The molecule has 0 unspecified atom stereocenters. The molecule has 5 heteroatoms. The second-order valence-electron chi connectivity index (χ2n) is 2.39. The number of nitrogen functional groups attached to an aromatic ring is 1. The molecule has 0 spiro atoms. The lowest BCUT2D eigenvalue weighted by Gasteiger charge is -1.90. The van der Waals surface area contributed by atoms with E-state index in [-0.39, 0.29) is 5.95 Å². The zero-order chi connectivity index (χ0) is 6.97. The summed E-state index contributed by atoms with van der Waals surface area (Å²) in [6.07, 6.45) is 2.32. The Kier molecular flexibility index (Phi) is 1.03. The molecule has 0 bridgehead atoms. The fraction of sp³-hybridized carbons (Fsp3) is 0.600. The molecule has 1 fully saturated rings. The van der Waals surface area contributed by atoms with Crippen molar-refractivity contribution >= 4 is 5.95 Å². The Hall–Kier alpha value is -1.26. The molecule has 1 aliphatic carbocycles. The van der Waals surface area contributed by atoms with Crippen molar-refractivity contribution in [2.75, 3.05) is 5.73 Å². The fourth-order valence-electron chi connectivity index (χ4n) is 0.750. The van der Waals surface area contributed by atoms with Gasteiger partial charge >= 0.3 is 0 Å². The third-order valence-corrected chi connectivity index (χ3v) is 1.45. The third-order valence-electron chi connectivity index (χ3n) is 1.45. The quantitative estimate of drug-likeness (QED) is 0.576. The minimum Gasteiger partial charge on any atom is -0.365 e. The Morgan fingerprint density at radius 3 is 2.20 bits per heavy atom. The van der Waals surface area contributed by atoms with E-state index < -0.39 is 0 Å². The van der Waals surface area contributed by atoms with Gasteiger partial charge in [-0.2, -0.15) is 0 Å². The predicted octanol–water partition coefficient (Wildman–Crippen LogP) is -0.274. The highest BCUT2D eigenvalue weighted by Gasteiger charge is 2.27. The maximum atomic E-state index is 5.20. The summed E-state index contributed by atoms with van der Waals surface area (Å²) in [4.78, 5) is 0. The number of anilines is 1. The second kappa shape index (κ2) is 1.86. The molecule has 0 aromatic carbocycles. The molecule has 0 atom stereocenters. The molecule has 5 nitrogen and oxygen atoms in total. The third kappa shape index (κ3) is 0.896. The Bertz CT molecular complexity index is 226. The van der Waals surface area contributed by atoms with E-state index in [9.17, 15) is 0 Å². The molecule has 1 aromatic heterocycles. The van der Waals surface area contributed by atoms with Gasteiger partial charge in [0.1, 0.15) is 0 Å². The van der Waals surface area contributed by atoms with E-state index in [1.165, 1.54) is 0 Å². The van der Waals surface area contributed by atoms with E-state index in [0.717, 1.165) is 18.7 Å². The van der Waals surface area contributed by atoms with Crippen LogP contribution in [0.3, 0.4) is 0 Å². The smallest absolute Gasteiger partial charge is 0.259 e. The van der Waals surface area contributed by atoms with Crippen molar-refractivity contribution in [3.05, 3.63) is 5.82 Å². The fourth-order valence-corrected chi connectivity index (χ4v) is 0.750. The molecule has 1 saturated carbocycles. The lowest BCUT2D eigenvalue weighted by molar-refractivity contribution is 0.771. The van der Waals surface area contributed by atoms with Crippen LogP contribution in [-0.4, -0.2) is 20.4 Å². The van der Waals surface area contributed by atoms with E-state index in [2.05, 4.69) is 20.4 Å². The summed E-state index contributed by atoms with van der Waals surface area (Å²) in [5.41, 5.74) is 5.20. The van der Waals surface area contributed by atoms with Crippen LogP contribution in [0.15, 0.2) is 0 Å². The van der Waals surface area contributed by atoms with Crippen LogP contribution >= 0.6 is 0 Å². The highest BCUT2D eigenvalue weighted by atomic mass is 15.3. The van der Waals surface area contributed by atoms with E-state index in [4.69, 9.17) is 5.73 Å². The van der Waals surface area contributed by atoms with Gasteiger partial charge in [-0.25, -0.2) is 0 Å². The first-order chi connectivity index (χ1) is 4.86. The molecule has 0 amide bonds. The summed E-state index contributed by atoms with van der Waals surface area (Å²) in [6.45, 7) is 0. The van der Waals surface area contributed by atoms with Gasteiger partial charge < -0.3 is 5.73 Å². The Balaban J connectivity index is 2.28. The maximum Gasteiger partial charge on any atom is 0.259 e. The van der Waals surface area contributed by atoms with Crippen LogP contribution in [-0.2, 0) is 0 Å². The molecule has 52 valence electrons. The summed E-state index contributed by atoms with van der Waals surface area (Å²) in [7, 11) is 0. The highest BCUT2D eigenvalue weighted by molar-refractivity contribution is 5.09. The molecular formula is C5H7N5. The molecule has 10 heavy (non-hydrogen) atoms. The zero-order valence-corrected chi connectivity index (χ0v) is 5.36. The second-order valence-corrected chi connectivity index (χ2v) is 2.39. The SMILES string of the molecule is Nc1nnc(C2CC2)nn1. The highest BCUT2D eigenvalue weighted by Crippen LogP contribution is 2.37. The first-order valence-electron chi connectivity index (χ1n) is 3.19. The van der Waals surface area contributed by atoms with Crippen LogP contribution in [0.1, 0.15) is 24.6 Å². The summed E-state index contributed by atoms with van der Waals surface area (Å²) in [5.74, 6) is 1.37. The van der Waals surface area contributed by atoms with Crippen molar-refractivity contribution < 1.29 is 0 Å². The molecule has 2 rings (SSSR count). The average molecular weight is 137 g/mol. The lowest BCUT2D eigenvalue weighted by atomic mass is 10.4. The van der Waals surface area contributed by atoms with E-state index in [1.54, 1.807) is 0 Å². The number of nitrogens with two attached hydrogens (primary N) is 1. The number of aromatic nitrogens is 4. The lowest BCUT2D eigenvalue weighted by Crippen LogP contribution is -2.03. The predicted molar refractivity (Wildman–Crippen MR) is 34.0 cm³/mol. The zero-order valence-electron chi connectivity index (χ0n) is 5.36. The van der Waals surface area contributed by atoms with Gasteiger partial charge in [0.2, 0.25) is 0 Å². The molecule has 2 N–H and O–H groups in total. The van der Waals surface area contributed by atoms with Crippen LogP contribution in [0.5, 0.6) is 0 Å². The molecule has 1 heterocycles. The number of hydrogen-bond acceptors (Lipinski definition) is 5. The minimum absolute atomic E-state index is 0.143. The maximum absolute atomic E-state index is 5.20. The van der Waals surface area contributed by atoms with Gasteiger partial charge in [0.15, 0.2) is 5.82 Å². The van der Waals surface area contributed by atoms with Gasteiger partial charge in [-0.3, -0.25) is 0 Å². The van der Waals surface area contributed by atoms with Crippen molar-refractivity contribution in [1.82, 2.24) is 20.4 Å². The van der Waals surface area contributed by atoms with Crippen LogP contribution in [0, 0.1) is 0 Å². The van der Waals surface area contributed by atoms with Crippen molar-refractivity contribution in [2.24, 2.45) is 0 Å². The Morgan fingerprint density at radius 1 is 1.10 bits per heavy atom. The summed E-state index contributed by atoms with van der Waals surface area (Å²) >= 11 is 0. The number of hydrogen-bond donors (Lipinski definition) is 1. The normalized spacial score (nSPS) is 17.2. The molecule has 1 aromatic rings. The Morgan fingerprint density at radius 2 is 1.70 bits per heavy atom. The first kappa shape index (κ1) is 5.52. The number of nitrogens with zero attached hydrogens (tertiary/aromatic N) is 4. The van der Waals surface area contributed by atoms with Crippen molar-refractivity contribution in [1.29, 1.82) is 0 Å². The first-order valence-corrected chi connectivity index (χ1v) is 3.19. The van der Waals surface area contributed by atoms with Crippen molar-refractivity contribution in [3.8, 4) is 0 Å². The molecule has 0 saturated heterocycles. The average Bonchev–Trinajstić information content (AvgIpc) is 2.71. The minimum atomic E-state index is 0.143. The van der Waals surface area contributed by atoms with Crippen LogP contribution in [0.25, 0.3) is 0 Å². The Labute approximate surface area is 57.7 Å². The summed E-state index contributed by atoms with van der Waals surface area (Å²) < 4.78 is 0. The van der Waals surface area contributed by atoms with Crippen molar-refractivity contribution in [3.63, 3.8) is 0 Å². The van der Waals surface area contributed by atoms with E-state index >= 15 is 0 Å². The largest absolute Gasteiger partial charge is 0.365 e. The van der Waals surface area contributed by atoms with Gasteiger partial charge in [0, 0.05) is 5.92 Å². The molecule has 1 aliphatic rings. The summed E-state index contributed by atoms with van der Waals surface area (Å²) in [6, 6.07) is 0. The monoisotopic (exact) mass is 137 g/mol. The van der Waals surface area contributed by atoms with Crippen molar-refractivity contribution in [2.45, 2.75) is 18.8 Å². The van der Waals surface area contributed by atoms with Gasteiger partial charge in [0.05, 0.1) is 0 Å². The van der Waals surface area contributed by atoms with Gasteiger partial charge in [-0.15, -0.1) is 20.4 Å². The van der Waals surface area contributed by atoms with Crippen LogP contribution in [0.4, 0.5) is 5.95 Å². The number of rotatable bonds is 1. The molecular weight excluding hydrogens is 130 g/mol. The molecule has 0 radical (unpaired) electrons. The topological polar surface area (TPSA) is 77.6 Å². The van der Waals surface area contributed by atoms with E-state index in [0.29, 0.717) is 5.92 Å². The van der Waals surface area contributed by atoms with Gasteiger partial charge in [-0.05, 0) is 12.8 Å². The molecule has 0 aliphatic heterocycles. The van der Waals surface area contributed by atoms with E-state index in [1.807, 2.05) is 0 Å². The van der Waals surface area contributed by atoms with Gasteiger partial charge in [0.25, 0.3) is 5.95 Å². The van der Waals surface area contributed by atoms with Crippen LogP contribution < -0.4 is 5.73 Å². The summed E-state index contributed by atoms with van der Waals surface area (Å²) in [5, 5.41) is 14.8. The van der Waals surface area contributed by atoms with Crippen LogP contribution in [0.2, 0.25) is 0 Å².